The van der Waals surface area contributed by atoms with Crippen LogP contribution in [0.3, 0.4) is 0 Å². The Morgan fingerprint density at radius 1 is 1.21 bits per heavy atom. The van der Waals surface area contributed by atoms with Gasteiger partial charge in [-0.15, -0.1) is 0 Å². The van der Waals surface area contributed by atoms with Crippen molar-refractivity contribution >= 4 is 28.9 Å². The van der Waals surface area contributed by atoms with Crippen LogP contribution in [0.15, 0.2) is 36.4 Å². The SMILES string of the molecule is COc1ccc(Cl)cc1CN(C)[C@H](C)C(=O)Nc1ccc([N+](=O)[O-])cc1OC. The van der Waals surface area contributed by atoms with Crippen molar-refractivity contribution < 1.29 is 19.2 Å². The lowest BCUT2D eigenvalue weighted by molar-refractivity contribution is -0.384. The lowest BCUT2D eigenvalue weighted by atomic mass is 10.1. The molecule has 0 spiro atoms. The van der Waals surface area contributed by atoms with Gasteiger partial charge in [0.1, 0.15) is 11.5 Å². The van der Waals surface area contributed by atoms with Gasteiger partial charge in [0.15, 0.2) is 0 Å². The lowest BCUT2D eigenvalue weighted by Gasteiger charge is -2.25. The molecule has 0 saturated heterocycles. The van der Waals surface area contributed by atoms with E-state index in [-0.39, 0.29) is 17.3 Å². The fourth-order valence-corrected chi connectivity index (χ4v) is 2.81. The van der Waals surface area contributed by atoms with Crippen LogP contribution in [0.2, 0.25) is 5.02 Å². The van der Waals surface area contributed by atoms with Gasteiger partial charge in [0, 0.05) is 23.2 Å². The average Bonchev–Trinajstić information content (AvgIpc) is 2.67. The fraction of sp³-hybridized carbons (Fsp3) is 0.316. The number of carbonyl (C=O) groups excluding carboxylic acids is 1. The molecule has 1 atom stereocenters. The molecule has 2 aromatic carbocycles. The van der Waals surface area contributed by atoms with Crippen molar-refractivity contribution in [2.45, 2.75) is 19.5 Å². The van der Waals surface area contributed by atoms with Crippen LogP contribution < -0.4 is 14.8 Å². The maximum atomic E-state index is 12.7. The first-order valence-corrected chi connectivity index (χ1v) is 8.80. The molecule has 9 heteroatoms. The summed E-state index contributed by atoms with van der Waals surface area (Å²) in [7, 11) is 4.76. The number of nitrogens with one attached hydrogen (secondary N) is 1. The highest BCUT2D eigenvalue weighted by Crippen LogP contribution is 2.29. The second-order valence-corrected chi connectivity index (χ2v) is 6.61. The van der Waals surface area contributed by atoms with Crippen LogP contribution in [0.4, 0.5) is 11.4 Å². The van der Waals surface area contributed by atoms with E-state index < -0.39 is 11.0 Å². The number of carbonyl (C=O) groups is 1. The average molecular weight is 408 g/mol. The Balaban J connectivity index is 2.12. The highest BCUT2D eigenvalue weighted by Gasteiger charge is 2.21. The van der Waals surface area contributed by atoms with E-state index in [1.165, 1.54) is 25.3 Å². The van der Waals surface area contributed by atoms with Gasteiger partial charge in [-0.1, -0.05) is 11.6 Å². The maximum absolute atomic E-state index is 12.7. The predicted octanol–water partition coefficient (Wildman–Crippen LogP) is 3.72. The van der Waals surface area contributed by atoms with Gasteiger partial charge in [-0.2, -0.15) is 0 Å². The molecule has 0 saturated carbocycles. The van der Waals surface area contributed by atoms with E-state index in [9.17, 15) is 14.9 Å². The molecule has 0 bridgehead atoms. The Kier molecular flexibility index (Phi) is 7.19. The quantitative estimate of drug-likeness (QED) is 0.529. The standard InChI is InChI=1S/C19H22ClN3O5/c1-12(22(2)11-13-9-14(20)5-8-17(13)27-3)19(24)21-16-7-6-15(23(25)26)10-18(16)28-4/h5-10,12H,11H2,1-4H3,(H,21,24)/t12-/m1/s1. The number of non-ortho nitro benzene ring substituents is 1. The molecule has 1 N–H and O–H groups in total. The molecular weight excluding hydrogens is 386 g/mol. The first kappa shape index (κ1) is 21.5. The zero-order valence-electron chi connectivity index (χ0n) is 16.1. The van der Waals surface area contributed by atoms with Gasteiger partial charge in [0.25, 0.3) is 5.69 Å². The number of benzene rings is 2. The van der Waals surface area contributed by atoms with Crippen LogP contribution in [0.25, 0.3) is 0 Å². The summed E-state index contributed by atoms with van der Waals surface area (Å²) in [5.41, 5.74) is 1.09. The minimum Gasteiger partial charge on any atom is -0.496 e. The third kappa shape index (κ3) is 5.11. The molecule has 0 fully saturated rings. The minimum absolute atomic E-state index is 0.118. The summed E-state index contributed by atoms with van der Waals surface area (Å²) in [6.07, 6.45) is 0. The number of likely N-dealkylation sites (N-methyl/N-ethyl adjacent to an activating group) is 1. The summed E-state index contributed by atoms with van der Waals surface area (Å²) in [5, 5.41) is 14.2. The number of hydrogen-bond donors (Lipinski definition) is 1. The van der Waals surface area contributed by atoms with Crippen molar-refractivity contribution in [3.8, 4) is 11.5 Å². The Morgan fingerprint density at radius 3 is 2.50 bits per heavy atom. The molecule has 0 heterocycles. The highest BCUT2D eigenvalue weighted by molar-refractivity contribution is 6.30. The molecule has 0 aliphatic carbocycles. The highest BCUT2D eigenvalue weighted by atomic mass is 35.5. The first-order chi connectivity index (χ1) is 13.3. The summed E-state index contributed by atoms with van der Waals surface area (Å²) < 4.78 is 10.5. The second-order valence-electron chi connectivity index (χ2n) is 6.18. The summed E-state index contributed by atoms with van der Waals surface area (Å²) >= 11 is 6.06. The number of nitro benzene ring substituents is 1. The van der Waals surface area contributed by atoms with Crippen molar-refractivity contribution in [3.63, 3.8) is 0 Å². The number of nitrogens with zero attached hydrogens (tertiary/aromatic N) is 2. The molecular formula is C19H22ClN3O5. The van der Waals surface area contributed by atoms with E-state index in [1.54, 1.807) is 39.3 Å². The van der Waals surface area contributed by atoms with Gasteiger partial charge in [0.2, 0.25) is 5.91 Å². The van der Waals surface area contributed by atoms with E-state index in [4.69, 9.17) is 21.1 Å². The third-order valence-corrected chi connectivity index (χ3v) is 4.59. The summed E-state index contributed by atoms with van der Waals surface area (Å²) in [5.74, 6) is 0.616. The largest absolute Gasteiger partial charge is 0.496 e. The summed E-state index contributed by atoms with van der Waals surface area (Å²) in [6, 6.07) is 8.83. The molecule has 0 unspecified atom stereocenters. The summed E-state index contributed by atoms with van der Waals surface area (Å²) in [4.78, 5) is 24.8. The minimum atomic E-state index is -0.525. The van der Waals surface area contributed by atoms with Crippen LogP contribution in [-0.4, -0.2) is 43.0 Å². The monoisotopic (exact) mass is 407 g/mol. The van der Waals surface area contributed by atoms with Gasteiger partial charge in [-0.05, 0) is 38.2 Å². The first-order valence-electron chi connectivity index (χ1n) is 8.42. The molecule has 150 valence electrons. The number of halogens is 1. The Morgan fingerprint density at radius 2 is 1.89 bits per heavy atom. The molecule has 0 aromatic heterocycles. The number of anilines is 1. The lowest BCUT2D eigenvalue weighted by Crippen LogP contribution is -2.39. The normalized spacial score (nSPS) is 11.8. The van der Waals surface area contributed by atoms with Crippen LogP contribution in [0.1, 0.15) is 12.5 Å². The van der Waals surface area contributed by atoms with Crippen LogP contribution in [0.5, 0.6) is 11.5 Å². The van der Waals surface area contributed by atoms with Gasteiger partial charge in [-0.25, -0.2) is 0 Å². The molecule has 2 aromatic rings. The number of methoxy groups -OCH3 is 2. The maximum Gasteiger partial charge on any atom is 0.273 e. The molecule has 0 aliphatic heterocycles. The number of ether oxygens (including phenoxy) is 2. The van der Waals surface area contributed by atoms with Crippen molar-refractivity contribution in [1.29, 1.82) is 0 Å². The van der Waals surface area contributed by atoms with E-state index in [1.807, 2.05) is 4.90 Å². The number of hydrogen-bond acceptors (Lipinski definition) is 6. The zero-order valence-corrected chi connectivity index (χ0v) is 16.8. The second kappa shape index (κ2) is 9.38. The van der Waals surface area contributed by atoms with Crippen LogP contribution >= 0.6 is 11.6 Å². The van der Waals surface area contributed by atoms with Crippen LogP contribution in [0, 0.1) is 10.1 Å². The van der Waals surface area contributed by atoms with Gasteiger partial charge >= 0.3 is 0 Å². The fourth-order valence-electron chi connectivity index (χ4n) is 2.61. The van der Waals surface area contributed by atoms with E-state index in [2.05, 4.69) is 5.32 Å². The Labute approximate surface area is 168 Å². The zero-order chi connectivity index (χ0) is 20.8. The molecule has 0 aliphatic rings. The summed E-state index contributed by atoms with van der Waals surface area (Å²) in [6.45, 7) is 2.19. The van der Waals surface area contributed by atoms with Crippen molar-refractivity contribution in [3.05, 3.63) is 57.1 Å². The molecule has 0 radical (unpaired) electrons. The van der Waals surface area contributed by atoms with Gasteiger partial charge in [0.05, 0.1) is 36.9 Å². The van der Waals surface area contributed by atoms with Gasteiger partial charge < -0.3 is 14.8 Å². The third-order valence-electron chi connectivity index (χ3n) is 4.36. The smallest absolute Gasteiger partial charge is 0.273 e. The van der Waals surface area contributed by atoms with E-state index >= 15 is 0 Å². The van der Waals surface area contributed by atoms with Crippen molar-refractivity contribution in [1.82, 2.24) is 4.90 Å². The van der Waals surface area contributed by atoms with E-state index in [0.29, 0.717) is 23.0 Å². The van der Waals surface area contributed by atoms with Crippen molar-refractivity contribution in [2.24, 2.45) is 0 Å². The Hall–Kier alpha value is -2.84. The molecule has 28 heavy (non-hydrogen) atoms. The van der Waals surface area contributed by atoms with E-state index in [0.717, 1.165) is 5.56 Å². The molecule has 8 nitrogen and oxygen atoms in total. The number of amides is 1. The Bertz CT molecular complexity index is 875. The molecule has 2 rings (SSSR count). The number of nitro groups is 1. The topological polar surface area (TPSA) is 93.9 Å². The van der Waals surface area contributed by atoms with Gasteiger partial charge in [-0.3, -0.25) is 19.8 Å². The number of rotatable bonds is 8. The van der Waals surface area contributed by atoms with Crippen molar-refractivity contribution in [2.75, 3.05) is 26.6 Å². The molecule has 1 amide bonds. The predicted molar refractivity (Wildman–Crippen MR) is 107 cm³/mol. The van der Waals surface area contributed by atoms with Crippen LogP contribution in [-0.2, 0) is 11.3 Å².